The average molecular weight is 331 g/mol. The van der Waals surface area contributed by atoms with Crippen molar-refractivity contribution < 1.29 is 13.2 Å². The summed E-state index contributed by atoms with van der Waals surface area (Å²) >= 11 is 0. The largest absolute Gasteiger partial charge is 0.301 e. The third-order valence-corrected chi connectivity index (χ3v) is 4.91. The molecule has 1 aromatic heterocycles. The third kappa shape index (κ3) is 3.94. The van der Waals surface area contributed by atoms with Gasteiger partial charge in [0, 0.05) is 12.7 Å². The molecule has 7 heteroatoms. The fraction of sp³-hybridized carbons (Fsp3) is 0.250. The van der Waals surface area contributed by atoms with Crippen LogP contribution in [0.3, 0.4) is 0 Å². The molecule has 1 atom stereocenters. The molecule has 0 bridgehead atoms. The maximum atomic E-state index is 12.2. The summed E-state index contributed by atoms with van der Waals surface area (Å²) in [5.74, 6) is -0.849. The minimum atomic E-state index is -3.76. The van der Waals surface area contributed by atoms with Crippen LogP contribution < -0.4 is 10.0 Å². The molecule has 1 aliphatic heterocycles. The van der Waals surface area contributed by atoms with E-state index in [0.29, 0.717) is 18.7 Å². The Morgan fingerprint density at radius 1 is 1.17 bits per heavy atom. The first-order valence-electron chi connectivity index (χ1n) is 7.28. The highest BCUT2D eigenvalue weighted by Gasteiger charge is 2.27. The molecule has 0 fully saturated rings. The first-order valence-corrected chi connectivity index (χ1v) is 8.93. The van der Waals surface area contributed by atoms with E-state index >= 15 is 0 Å². The monoisotopic (exact) mass is 331 g/mol. The molecule has 0 spiro atoms. The van der Waals surface area contributed by atoms with Gasteiger partial charge in [0.2, 0.25) is 10.0 Å². The molecule has 0 saturated heterocycles. The summed E-state index contributed by atoms with van der Waals surface area (Å²) in [6.07, 6.45) is 1.99. The fourth-order valence-corrected chi connectivity index (χ4v) is 3.66. The van der Waals surface area contributed by atoms with E-state index in [4.69, 9.17) is 0 Å². The predicted octanol–water partition coefficient (Wildman–Crippen LogP) is 0.742. The highest BCUT2D eigenvalue weighted by molar-refractivity contribution is 7.89. The van der Waals surface area contributed by atoms with Crippen molar-refractivity contribution in [3.8, 4) is 0 Å². The maximum absolute atomic E-state index is 12.2. The molecule has 6 nitrogen and oxygen atoms in total. The zero-order valence-electron chi connectivity index (χ0n) is 12.4. The predicted molar refractivity (Wildman–Crippen MR) is 85.8 cm³/mol. The van der Waals surface area contributed by atoms with Gasteiger partial charge < -0.3 is 5.32 Å². The van der Waals surface area contributed by atoms with E-state index < -0.39 is 22.0 Å². The highest BCUT2D eigenvalue weighted by atomic mass is 32.2. The lowest BCUT2D eigenvalue weighted by Crippen LogP contribution is -2.49. The Hall–Kier alpha value is -2.25. The summed E-state index contributed by atoms with van der Waals surface area (Å²) in [6.45, 7) is 0.550. The number of benzene rings is 1. The molecule has 1 aliphatic rings. The highest BCUT2D eigenvalue weighted by Crippen LogP contribution is 2.16. The lowest BCUT2D eigenvalue weighted by Gasteiger charge is -2.25. The van der Waals surface area contributed by atoms with Crippen molar-refractivity contribution in [2.45, 2.75) is 24.8 Å². The number of nitrogens with one attached hydrogen (secondary N) is 2. The SMILES string of the molecule is O=C(NS(=O)(=O)Cc1ccccn1)[C@H]1Cc2ccccc2CN1. The first-order chi connectivity index (χ1) is 11.0. The minimum absolute atomic E-state index is 0.317. The molecule has 1 amide bonds. The van der Waals surface area contributed by atoms with Crippen molar-refractivity contribution >= 4 is 15.9 Å². The molecular weight excluding hydrogens is 314 g/mol. The molecular formula is C16H17N3O3S. The molecule has 1 aromatic carbocycles. The van der Waals surface area contributed by atoms with Gasteiger partial charge in [-0.15, -0.1) is 0 Å². The van der Waals surface area contributed by atoms with Gasteiger partial charge in [-0.05, 0) is 29.7 Å². The van der Waals surface area contributed by atoms with Crippen molar-refractivity contribution in [2.75, 3.05) is 0 Å². The second-order valence-electron chi connectivity index (χ2n) is 5.45. The molecule has 2 heterocycles. The fourth-order valence-electron chi connectivity index (χ4n) is 2.58. The molecule has 0 radical (unpaired) electrons. The summed E-state index contributed by atoms with van der Waals surface area (Å²) < 4.78 is 26.3. The number of amides is 1. The van der Waals surface area contributed by atoms with E-state index in [2.05, 4.69) is 15.0 Å². The second-order valence-corrected chi connectivity index (χ2v) is 7.18. The number of carbonyl (C=O) groups is 1. The Morgan fingerprint density at radius 3 is 2.65 bits per heavy atom. The van der Waals surface area contributed by atoms with E-state index in [1.807, 2.05) is 24.3 Å². The van der Waals surface area contributed by atoms with Gasteiger partial charge in [-0.1, -0.05) is 30.3 Å². The van der Waals surface area contributed by atoms with Gasteiger partial charge in [0.1, 0.15) is 5.75 Å². The number of carbonyl (C=O) groups excluding carboxylic acids is 1. The summed E-state index contributed by atoms with van der Waals surface area (Å²) in [5.41, 5.74) is 2.59. The van der Waals surface area contributed by atoms with E-state index in [-0.39, 0.29) is 5.75 Å². The third-order valence-electron chi connectivity index (χ3n) is 3.72. The van der Waals surface area contributed by atoms with Crippen LogP contribution in [-0.4, -0.2) is 25.4 Å². The van der Waals surface area contributed by atoms with Gasteiger partial charge in [-0.2, -0.15) is 0 Å². The number of aromatic nitrogens is 1. The normalized spacial score (nSPS) is 17.3. The van der Waals surface area contributed by atoms with Crippen LogP contribution in [0, 0.1) is 0 Å². The van der Waals surface area contributed by atoms with E-state index in [1.54, 1.807) is 18.2 Å². The van der Waals surface area contributed by atoms with Crippen LogP contribution in [0.2, 0.25) is 0 Å². The molecule has 2 aromatic rings. The van der Waals surface area contributed by atoms with Crippen LogP contribution in [0.5, 0.6) is 0 Å². The van der Waals surface area contributed by atoms with Crippen LogP contribution in [0.25, 0.3) is 0 Å². The van der Waals surface area contributed by atoms with Crippen molar-refractivity contribution in [1.82, 2.24) is 15.0 Å². The average Bonchev–Trinajstić information content (AvgIpc) is 2.54. The van der Waals surface area contributed by atoms with Crippen molar-refractivity contribution in [2.24, 2.45) is 0 Å². The quantitative estimate of drug-likeness (QED) is 0.863. The number of sulfonamides is 1. The summed E-state index contributed by atoms with van der Waals surface area (Å²) in [5, 5.41) is 3.07. The zero-order chi connectivity index (χ0) is 16.3. The van der Waals surface area contributed by atoms with Gasteiger partial charge in [-0.3, -0.25) is 14.5 Å². The number of hydrogen-bond acceptors (Lipinski definition) is 5. The van der Waals surface area contributed by atoms with Crippen LogP contribution in [0.15, 0.2) is 48.7 Å². The van der Waals surface area contributed by atoms with E-state index in [1.165, 1.54) is 6.20 Å². The molecule has 0 saturated carbocycles. The lowest BCUT2D eigenvalue weighted by molar-refractivity contribution is -0.121. The number of hydrogen-bond donors (Lipinski definition) is 2. The van der Waals surface area contributed by atoms with Gasteiger partial charge in [0.15, 0.2) is 0 Å². The smallest absolute Gasteiger partial charge is 0.250 e. The van der Waals surface area contributed by atoms with E-state index in [0.717, 1.165) is 11.1 Å². The van der Waals surface area contributed by atoms with Gasteiger partial charge in [0.05, 0.1) is 11.7 Å². The number of pyridine rings is 1. The van der Waals surface area contributed by atoms with E-state index in [9.17, 15) is 13.2 Å². The van der Waals surface area contributed by atoms with Crippen LogP contribution in [-0.2, 0) is 33.5 Å². The molecule has 2 N–H and O–H groups in total. The standard InChI is InChI=1S/C16H17N3O3S/c20-16(15-9-12-5-1-2-6-13(12)10-18-15)19-23(21,22)11-14-7-3-4-8-17-14/h1-8,15,18H,9-11H2,(H,19,20)/t15-/m1/s1. The van der Waals surface area contributed by atoms with Crippen LogP contribution in [0.4, 0.5) is 0 Å². The minimum Gasteiger partial charge on any atom is -0.301 e. The molecule has 23 heavy (non-hydrogen) atoms. The molecule has 0 unspecified atom stereocenters. The Balaban J connectivity index is 1.65. The Morgan fingerprint density at radius 2 is 1.91 bits per heavy atom. The topological polar surface area (TPSA) is 88.2 Å². The second kappa shape index (κ2) is 6.47. The molecule has 3 rings (SSSR count). The number of fused-ring (bicyclic) bond motifs is 1. The van der Waals surface area contributed by atoms with Crippen molar-refractivity contribution in [1.29, 1.82) is 0 Å². The lowest BCUT2D eigenvalue weighted by atomic mass is 9.96. The zero-order valence-corrected chi connectivity index (χ0v) is 13.2. The summed E-state index contributed by atoms with van der Waals surface area (Å²) in [6, 6.07) is 12.3. The summed E-state index contributed by atoms with van der Waals surface area (Å²) in [7, 11) is -3.76. The molecule has 0 aliphatic carbocycles. The Kier molecular flexibility index (Phi) is 4.40. The maximum Gasteiger partial charge on any atom is 0.250 e. The van der Waals surface area contributed by atoms with Crippen molar-refractivity contribution in [3.05, 3.63) is 65.5 Å². The van der Waals surface area contributed by atoms with Crippen LogP contribution >= 0.6 is 0 Å². The van der Waals surface area contributed by atoms with Crippen molar-refractivity contribution in [3.63, 3.8) is 0 Å². The Bertz CT molecular complexity index is 806. The van der Waals surface area contributed by atoms with Crippen LogP contribution in [0.1, 0.15) is 16.8 Å². The van der Waals surface area contributed by atoms with Gasteiger partial charge in [-0.25, -0.2) is 8.42 Å². The number of nitrogens with zero attached hydrogens (tertiary/aromatic N) is 1. The summed E-state index contributed by atoms with van der Waals surface area (Å²) in [4.78, 5) is 16.2. The first kappa shape index (κ1) is 15.6. The molecule has 120 valence electrons. The van der Waals surface area contributed by atoms with Gasteiger partial charge in [0.25, 0.3) is 5.91 Å². The van der Waals surface area contributed by atoms with Gasteiger partial charge >= 0.3 is 0 Å². The number of rotatable bonds is 4. The Labute approximate surface area is 135 Å².